The van der Waals surface area contributed by atoms with Gasteiger partial charge in [0.25, 0.3) is 5.91 Å². The lowest BCUT2D eigenvalue weighted by molar-refractivity contribution is 0.0951. The van der Waals surface area contributed by atoms with Gasteiger partial charge in [0.05, 0.1) is 24.1 Å². The highest BCUT2D eigenvalue weighted by Crippen LogP contribution is 2.22. The van der Waals surface area contributed by atoms with Gasteiger partial charge in [0, 0.05) is 12.1 Å². The molecule has 140 valence electrons. The van der Waals surface area contributed by atoms with Crippen LogP contribution in [-0.4, -0.2) is 22.7 Å². The summed E-state index contributed by atoms with van der Waals surface area (Å²) in [6.07, 6.45) is 3.53. The molecule has 1 heterocycles. The van der Waals surface area contributed by atoms with Crippen LogP contribution in [0.3, 0.4) is 0 Å². The van der Waals surface area contributed by atoms with Gasteiger partial charge in [0.2, 0.25) is 0 Å². The van der Waals surface area contributed by atoms with Crippen molar-refractivity contribution in [1.29, 1.82) is 0 Å². The molecule has 1 amide bonds. The molecule has 0 radical (unpaired) electrons. The normalized spacial score (nSPS) is 10.6. The Balaban J connectivity index is 1.64. The molecule has 0 atom stereocenters. The Morgan fingerprint density at radius 2 is 1.74 bits per heavy atom. The molecule has 0 aliphatic heterocycles. The summed E-state index contributed by atoms with van der Waals surface area (Å²) in [5.41, 5.74) is 4.51. The zero-order valence-electron chi connectivity index (χ0n) is 15.8. The monoisotopic (exact) mass is 363 g/mol. The van der Waals surface area contributed by atoms with Gasteiger partial charge in [-0.2, -0.15) is 5.10 Å². The first-order chi connectivity index (χ1) is 13.2. The predicted molar refractivity (Wildman–Crippen MR) is 107 cm³/mol. The van der Waals surface area contributed by atoms with E-state index in [0.29, 0.717) is 18.7 Å². The number of aryl methyl sites for hydroxylation is 1. The Hall–Kier alpha value is -3.08. The van der Waals surface area contributed by atoms with Gasteiger partial charge < -0.3 is 10.1 Å². The van der Waals surface area contributed by atoms with E-state index in [4.69, 9.17) is 4.74 Å². The maximum atomic E-state index is 12.6. The number of amides is 1. The third-order valence-electron chi connectivity index (χ3n) is 4.38. The van der Waals surface area contributed by atoms with Crippen molar-refractivity contribution in [2.24, 2.45) is 0 Å². The van der Waals surface area contributed by atoms with Crippen molar-refractivity contribution in [3.05, 3.63) is 71.4 Å². The summed E-state index contributed by atoms with van der Waals surface area (Å²) in [7, 11) is 0. The molecule has 5 nitrogen and oxygen atoms in total. The molecule has 27 heavy (non-hydrogen) atoms. The van der Waals surface area contributed by atoms with Crippen molar-refractivity contribution in [2.75, 3.05) is 6.61 Å². The van der Waals surface area contributed by atoms with E-state index in [1.807, 2.05) is 36.4 Å². The number of nitrogens with zero attached hydrogens (tertiary/aromatic N) is 1. The van der Waals surface area contributed by atoms with Gasteiger partial charge in [-0.3, -0.25) is 9.89 Å². The number of carbonyl (C=O) groups excluding carboxylic acids is 1. The van der Waals surface area contributed by atoms with Crippen LogP contribution in [0.4, 0.5) is 0 Å². The maximum absolute atomic E-state index is 12.6. The van der Waals surface area contributed by atoms with E-state index in [1.165, 1.54) is 5.56 Å². The largest absolute Gasteiger partial charge is 0.494 e. The Morgan fingerprint density at radius 3 is 2.41 bits per heavy atom. The lowest BCUT2D eigenvalue weighted by Gasteiger charge is -2.08. The lowest BCUT2D eigenvalue weighted by atomic mass is 10.0. The van der Waals surface area contributed by atoms with Crippen molar-refractivity contribution in [3.63, 3.8) is 0 Å². The number of rotatable bonds is 8. The predicted octanol–water partition coefficient (Wildman–Crippen LogP) is 4.36. The number of ether oxygens (including phenoxy) is 1. The smallest absolute Gasteiger partial charge is 0.255 e. The van der Waals surface area contributed by atoms with Gasteiger partial charge in [0.1, 0.15) is 5.75 Å². The van der Waals surface area contributed by atoms with Crippen molar-refractivity contribution in [3.8, 4) is 17.0 Å². The summed E-state index contributed by atoms with van der Waals surface area (Å²) in [6.45, 7) is 5.35. The van der Waals surface area contributed by atoms with Crippen molar-refractivity contribution in [2.45, 2.75) is 33.2 Å². The molecule has 0 saturated carbocycles. The Kier molecular flexibility index (Phi) is 6.26. The SMILES string of the molecule is CCCOc1ccc(CNC(=O)c2cn[nH]c2-c2ccc(CC)cc2)cc1. The number of nitrogens with one attached hydrogen (secondary N) is 2. The van der Waals surface area contributed by atoms with E-state index in [0.717, 1.165) is 35.4 Å². The second-order valence-corrected chi connectivity index (χ2v) is 6.38. The van der Waals surface area contributed by atoms with Crippen molar-refractivity contribution >= 4 is 5.91 Å². The third-order valence-corrected chi connectivity index (χ3v) is 4.38. The number of benzene rings is 2. The molecule has 2 aromatic carbocycles. The molecule has 3 rings (SSSR count). The number of H-pyrrole nitrogens is 1. The van der Waals surface area contributed by atoms with Gasteiger partial charge in [-0.1, -0.05) is 50.2 Å². The number of carbonyl (C=O) groups is 1. The minimum Gasteiger partial charge on any atom is -0.494 e. The summed E-state index contributed by atoms with van der Waals surface area (Å²) < 4.78 is 5.58. The number of aromatic nitrogens is 2. The summed E-state index contributed by atoms with van der Waals surface area (Å²) >= 11 is 0. The molecule has 3 aromatic rings. The van der Waals surface area contributed by atoms with Crippen LogP contribution in [0.1, 0.15) is 41.8 Å². The topological polar surface area (TPSA) is 67.0 Å². The Bertz CT molecular complexity index is 867. The van der Waals surface area contributed by atoms with Gasteiger partial charge >= 0.3 is 0 Å². The lowest BCUT2D eigenvalue weighted by Crippen LogP contribution is -2.22. The first-order valence-corrected chi connectivity index (χ1v) is 9.34. The molecule has 0 bridgehead atoms. The van der Waals surface area contributed by atoms with Gasteiger partial charge in [0.15, 0.2) is 0 Å². The molecule has 0 aliphatic rings. The molecule has 0 saturated heterocycles. The van der Waals surface area contributed by atoms with Crippen molar-refractivity contribution < 1.29 is 9.53 Å². The number of hydrogen-bond donors (Lipinski definition) is 2. The average Bonchev–Trinajstić information content (AvgIpc) is 3.21. The van der Waals surface area contributed by atoms with Crippen molar-refractivity contribution in [1.82, 2.24) is 15.5 Å². The third kappa shape index (κ3) is 4.76. The second-order valence-electron chi connectivity index (χ2n) is 6.38. The molecule has 0 unspecified atom stereocenters. The molecule has 0 fully saturated rings. The molecular formula is C22H25N3O2. The Morgan fingerprint density at radius 1 is 1.04 bits per heavy atom. The standard InChI is InChI=1S/C22H25N3O2/c1-3-13-27-19-11-7-17(8-12-19)14-23-22(26)20-15-24-25-21(20)18-9-5-16(4-2)6-10-18/h5-12,15H,3-4,13-14H2,1-2H3,(H,23,26)(H,24,25). The van der Waals surface area contributed by atoms with E-state index in [1.54, 1.807) is 6.20 Å². The minimum atomic E-state index is -0.148. The fourth-order valence-electron chi connectivity index (χ4n) is 2.79. The summed E-state index contributed by atoms with van der Waals surface area (Å²) in [6, 6.07) is 15.9. The molecular weight excluding hydrogens is 338 g/mol. The van der Waals surface area contributed by atoms with Crippen LogP contribution in [0.15, 0.2) is 54.7 Å². The fourth-order valence-corrected chi connectivity index (χ4v) is 2.79. The molecule has 1 aromatic heterocycles. The molecule has 0 spiro atoms. The van der Waals surface area contributed by atoms with Crippen LogP contribution in [-0.2, 0) is 13.0 Å². The zero-order chi connectivity index (χ0) is 19.1. The summed E-state index contributed by atoms with van der Waals surface area (Å²) in [4.78, 5) is 12.6. The van der Waals surface area contributed by atoms with Crippen LogP contribution in [0.5, 0.6) is 5.75 Å². The van der Waals surface area contributed by atoms with Gasteiger partial charge in [-0.25, -0.2) is 0 Å². The maximum Gasteiger partial charge on any atom is 0.255 e. The highest BCUT2D eigenvalue weighted by molar-refractivity contribution is 5.99. The highest BCUT2D eigenvalue weighted by Gasteiger charge is 2.15. The zero-order valence-corrected chi connectivity index (χ0v) is 15.8. The number of hydrogen-bond acceptors (Lipinski definition) is 3. The first-order valence-electron chi connectivity index (χ1n) is 9.34. The molecule has 5 heteroatoms. The van der Waals surface area contributed by atoms with Gasteiger partial charge in [-0.05, 0) is 36.1 Å². The molecule has 0 aliphatic carbocycles. The Labute approximate surface area is 159 Å². The summed E-state index contributed by atoms with van der Waals surface area (Å²) in [5, 5.41) is 9.95. The minimum absolute atomic E-state index is 0.148. The highest BCUT2D eigenvalue weighted by atomic mass is 16.5. The van der Waals surface area contributed by atoms with E-state index in [2.05, 4.69) is 41.5 Å². The summed E-state index contributed by atoms with van der Waals surface area (Å²) in [5.74, 6) is 0.698. The van der Waals surface area contributed by atoms with Crippen LogP contribution in [0.2, 0.25) is 0 Å². The van der Waals surface area contributed by atoms with E-state index >= 15 is 0 Å². The van der Waals surface area contributed by atoms with Gasteiger partial charge in [-0.15, -0.1) is 0 Å². The quantitative estimate of drug-likeness (QED) is 0.625. The van der Waals surface area contributed by atoms with Crippen LogP contribution < -0.4 is 10.1 Å². The number of aromatic amines is 1. The molecule has 2 N–H and O–H groups in total. The van der Waals surface area contributed by atoms with E-state index in [9.17, 15) is 4.79 Å². The second kappa shape index (κ2) is 9.03. The first kappa shape index (κ1) is 18.7. The van der Waals surface area contributed by atoms with Crippen LogP contribution in [0, 0.1) is 0 Å². The fraction of sp³-hybridized carbons (Fsp3) is 0.273. The van der Waals surface area contributed by atoms with E-state index < -0.39 is 0 Å². The average molecular weight is 363 g/mol. The van der Waals surface area contributed by atoms with Crippen LogP contribution in [0.25, 0.3) is 11.3 Å². The van der Waals surface area contributed by atoms with E-state index in [-0.39, 0.29) is 5.91 Å². The van der Waals surface area contributed by atoms with Crippen LogP contribution >= 0.6 is 0 Å².